The zero-order chi connectivity index (χ0) is 15.1. The molecule has 0 spiro atoms. The summed E-state index contributed by atoms with van der Waals surface area (Å²) in [6.07, 6.45) is 3.67. The molecule has 0 saturated carbocycles. The number of aliphatic hydroxyl groups excluding tert-OH is 1. The van der Waals surface area contributed by atoms with Gasteiger partial charge in [-0.1, -0.05) is 65.7 Å². The molecule has 0 aliphatic carbocycles. The number of hydrogen-bond acceptors (Lipinski definition) is 2. The third kappa shape index (κ3) is 5.18. The van der Waals surface area contributed by atoms with Crippen LogP contribution in [-0.2, 0) is 13.1 Å². The molecular formula is C19H23NO. The molecule has 2 aromatic carbocycles. The molecule has 21 heavy (non-hydrogen) atoms. The summed E-state index contributed by atoms with van der Waals surface area (Å²) in [5.41, 5.74) is 6.33. The number of rotatable bonds is 6. The molecule has 2 N–H and O–H groups in total. The van der Waals surface area contributed by atoms with E-state index in [0.29, 0.717) is 0 Å². The summed E-state index contributed by atoms with van der Waals surface area (Å²) >= 11 is 0. The number of hydrogen-bond donors (Lipinski definition) is 2. The molecule has 0 unspecified atom stereocenters. The van der Waals surface area contributed by atoms with E-state index >= 15 is 0 Å². The predicted octanol–water partition coefficient (Wildman–Crippen LogP) is 3.60. The standard InChI is InChI=1S/C19H23NO/c1-15-10-16(2)12-19(11-15)14-20-13-18-7-5-17(6-8-18)4-3-9-21/h3-8,10-12,20-21H,9,13-14H2,1-2H3/b4-3+. The minimum Gasteiger partial charge on any atom is -0.392 e. The molecule has 0 amide bonds. The molecule has 0 atom stereocenters. The molecule has 0 aliphatic rings. The molecule has 0 bridgehead atoms. The van der Waals surface area contributed by atoms with E-state index in [-0.39, 0.29) is 6.61 Å². The van der Waals surface area contributed by atoms with E-state index in [2.05, 4.69) is 61.6 Å². The second-order valence-corrected chi connectivity index (χ2v) is 5.43. The lowest BCUT2D eigenvalue weighted by molar-refractivity contribution is 0.343. The smallest absolute Gasteiger partial charge is 0.0615 e. The van der Waals surface area contributed by atoms with Crippen molar-refractivity contribution in [3.05, 3.63) is 76.4 Å². The molecular weight excluding hydrogens is 258 g/mol. The van der Waals surface area contributed by atoms with Gasteiger partial charge in [-0.3, -0.25) is 0 Å². The van der Waals surface area contributed by atoms with Crippen molar-refractivity contribution in [2.75, 3.05) is 6.61 Å². The van der Waals surface area contributed by atoms with Crippen molar-refractivity contribution < 1.29 is 5.11 Å². The lowest BCUT2D eigenvalue weighted by Crippen LogP contribution is -2.12. The van der Waals surface area contributed by atoms with Crippen molar-refractivity contribution in [2.24, 2.45) is 0 Å². The highest BCUT2D eigenvalue weighted by Gasteiger charge is 1.97. The lowest BCUT2D eigenvalue weighted by atomic mass is 10.1. The van der Waals surface area contributed by atoms with Crippen LogP contribution in [0.1, 0.15) is 27.8 Å². The minimum atomic E-state index is 0.0826. The van der Waals surface area contributed by atoms with Gasteiger partial charge in [0.2, 0.25) is 0 Å². The highest BCUT2D eigenvalue weighted by Crippen LogP contribution is 2.10. The fourth-order valence-electron chi connectivity index (χ4n) is 2.46. The molecule has 2 aromatic rings. The summed E-state index contributed by atoms with van der Waals surface area (Å²) in [6.45, 7) is 6.09. The summed E-state index contributed by atoms with van der Waals surface area (Å²) < 4.78 is 0. The van der Waals surface area contributed by atoms with Crippen LogP contribution in [0, 0.1) is 13.8 Å². The average molecular weight is 281 g/mol. The molecule has 0 aliphatic heterocycles. The monoisotopic (exact) mass is 281 g/mol. The maximum atomic E-state index is 8.75. The first-order valence-electron chi connectivity index (χ1n) is 7.31. The molecule has 2 heteroatoms. The Bertz CT molecular complexity index is 579. The van der Waals surface area contributed by atoms with Crippen LogP contribution in [0.5, 0.6) is 0 Å². The number of benzene rings is 2. The maximum absolute atomic E-state index is 8.75. The van der Waals surface area contributed by atoms with E-state index in [0.717, 1.165) is 18.7 Å². The summed E-state index contributed by atoms with van der Waals surface area (Å²) in [4.78, 5) is 0. The molecule has 2 rings (SSSR count). The summed E-state index contributed by atoms with van der Waals surface area (Å²) in [5.74, 6) is 0. The van der Waals surface area contributed by atoms with Crippen molar-refractivity contribution in [3.63, 3.8) is 0 Å². The topological polar surface area (TPSA) is 32.3 Å². The summed E-state index contributed by atoms with van der Waals surface area (Å²) in [6, 6.07) is 15.0. The normalized spacial score (nSPS) is 11.2. The SMILES string of the molecule is Cc1cc(C)cc(CNCc2ccc(/C=C/CO)cc2)c1. The van der Waals surface area contributed by atoms with Gasteiger partial charge >= 0.3 is 0 Å². The molecule has 0 heterocycles. The molecule has 0 aromatic heterocycles. The van der Waals surface area contributed by atoms with Gasteiger partial charge in [0.15, 0.2) is 0 Å². The first-order valence-corrected chi connectivity index (χ1v) is 7.31. The van der Waals surface area contributed by atoms with Gasteiger partial charge in [-0.05, 0) is 30.5 Å². The molecule has 0 radical (unpaired) electrons. The van der Waals surface area contributed by atoms with Crippen LogP contribution in [0.15, 0.2) is 48.5 Å². The summed E-state index contributed by atoms with van der Waals surface area (Å²) in [5, 5.41) is 12.2. The van der Waals surface area contributed by atoms with Crippen LogP contribution in [0.4, 0.5) is 0 Å². The Morgan fingerprint density at radius 1 is 0.905 bits per heavy atom. The van der Waals surface area contributed by atoms with E-state index in [4.69, 9.17) is 5.11 Å². The van der Waals surface area contributed by atoms with Crippen LogP contribution in [0.3, 0.4) is 0 Å². The first kappa shape index (κ1) is 15.5. The Kier molecular flexibility index (Phi) is 5.73. The zero-order valence-corrected chi connectivity index (χ0v) is 12.8. The Morgan fingerprint density at radius 2 is 1.52 bits per heavy atom. The largest absolute Gasteiger partial charge is 0.392 e. The quantitative estimate of drug-likeness (QED) is 0.848. The Labute approximate surface area is 127 Å². The van der Waals surface area contributed by atoms with Crippen molar-refractivity contribution in [1.82, 2.24) is 5.32 Å². The number of aliphatic hydroxyl groups is 1. The van der Waals surface area contributed by atoms with Crippen LogP contribution < -0.4 is 5.32 Å². The van der Waals surface area contributed by atoms with Crippen LogP contribution in [0.25, 0.3) is 6.08 Å². The van der Waals surface area contributed by atoms with Crippen LogP contribution in [0.2, 0.25) is 0 Å². The number of aryl methyl sites for hydroxylation is 2. The Morgan fingerprint density at radius 3 is 2.14 bits per heavy atom. The highest BCUT2D eigenvalue weighted by molar-refractivity contribution is 5.49. The summed E-state index contributed by atoms with van der Waals surface area (Å²) in [7, 11) is 0. The highest BCUT2D eigenvalue weighted by atomic mass is 16.2. The van der Waals surface area contributed by atoms with Gasteiger partial charge in [0.25, 0.3) is 0 Å². The Hall–Kier alpha value is -1.90. The molecule has 2 nitrogen and oxygen atoms in total. The maximum Gasteiger partial charge on any atom is 0.0615 e. The first-order chi connectivity index (χ1) is 10.2. The van der Waals surface area contributed by atoms with E-state index in [9.17, 15) is 0 Å². The number of nitrogens with one attached hydrogen (secondary N) is 1. The van der Waals surface area contributed by atoms with E-state index in [1.165, 1.54) is 22.3 Å². The van der Waals surface area contributed by atoms with Crippen molar-refractivity contribution in [2.45, 2.75) is 26.9 Å². The minimum absolute atomic E-state index is 0.0826. The van der Waals surface area contributed by atoms with Gasteiger partial charge in [0.1, 0.15) is 0 Å². The predicted molar refractivity (Wildman–Crippen MR) is 89.0 cm³/mol. The van der Waals surface area contributed by atoms with Gasteiger partial charge < -0.3 is 10.4 Å². The second kappa shape index (κ2) is 7.77. The Balaban J connectivity index is 1.87. The van der Waals surface area contributed by atoms with Gasteiger partial charge in [0, 0.05) is 13.1 Å². The van der Waals surface area contributed by atoms with Crippen LogP contribution >= 0.6 is 0 Å². The van der Waals surface area contributed by atoms with Gasteiger partial charge in [-0.15, -0.1) is 0 Å². The molecule has 0 saturated heterocycles. The molecule has 110 valence electrons. The zero-order valence-electron chi connectivity index (χ0n) is 12.8. The molecule has 0 fully saturated rings. The second-order valence-electron chi connectivity index (χ2n) is 5.43. The van der Waals surface area contributed by atoms with Crippen molar-refractivity contribution >= 4 is 6.08 Å². The average Bonchev–Trinajstić information content (AvgIpc) is 2.45. The third-order valence-electron chi connectivity index (χ3n) is 3.34. The van der Waals surface area contributed by atoms with E-state index < -0.39 is 0 Å². The van der Waals surface area contributed by atoms with Crippen molar-refractivity contribution in [3.8, 4) is 0 Å². The van der Waals surface area contributed by atoms with Crippen LogP contribution in [-0.4, -0.2) is 11.7 Å². The third-order valence-corrected chi connectivity index (χ3v) is 3.34. The fraction of sp³-hybridized carbons (Fsp3) is 0.263. The van der Waals surface area contributed by atoms with Crippen molar-refractivity contribution in [1.29, 1.82) is 0 Å². The van der Waals surface area contributed by atoms with E-state index in [1.54, 1.807) is 6.08 Å². The fourth-order valence-corrected chi connectivity index (χ4v) is 2.46. The van der Waals surface area contributed by atoms with E-state index in [1.807, 2.05) is 6.08 Å². The lowest BCUT2D eigenvalue weighted by Gasteiger charge is -2.08. The van der Waals surface area contributed by atoms with Gasteiger partial charge in [0.05, 0.1) is 6.61 Å². The van der Waals surface area contributed by atoms with Gasteiger partial charge in [-0.25, -0.2) is 0 Å². The van der Waals surface area contributed by atoms with Gasteiger partial charge in [-0.2, -0.15) is 0 Å².